The second-order valence-electron chi connectivity index (χ2n) is 5.79. The second kappa shape index (κ2) is 5.33. The smallest absolute Gasteiger partial charge is 0.311 e. The molecule has 19 heavy (non-hydrogen) atoms. The Balaban J connectivity index is 1.89. The van der Waals surface area contributed by atoms with Crippen LogP contribution in [0.15, 0.2) is 18.2 Å². The number of piperidine rings is 1. The zero-order valence-electron chi connectivity index (χ0n) is 11.2. The largest absolute Gasteiger partial charge is 0.481 e. The first-order valence-corrected chi connectivity index (χ1v) is 7.31. The van der Waals surface area contributed by atoms with Crippen LogP contribution in [0.25, 0.3) is 0 Å². The zero-order valence-corrected chi connectivity index (χ0v) is 11.2. The molecule has 1 unspecified atom stereocenters. The molecule has 0 amide bonds. The predicted molar refractivity (Wildman–Crippen MR) is 74.4 cm³/mol. The van der Waals surface area contributed by atoms with Crippen molar-refractivity contribution < 1.29 is 9.90 Å². The van der Waals surface area contributed by atoms with E-state index in [-0.39, 0.29) is 11.8 Å². The Kier molecular flexibility index (Phi) is 3.56. The van der Waals surface area contributed by atoms with Crippen LogP contribution in [0.1, 0.15) is 41.9 Å². The minimum Gasteiger partial charge on any atom is -0.481 e. The van der Waals surface area contributed by atoms with E-state index >= 15 is 0 Å². The minimum atomic E-state index is -0.662. The Bertz CT molecular complexity index is 478. The highest BCUT2D eigenvalue weighted by Crippen LogP contribution is 2.34. The van der Waals surface area contributed by atoms with E-state index in [4.69, 9.17) is 0 Å². The van der Waals surface area contributed by atoms with Gasteiger partial charge in [0.25, 0.3) is 0 Å². The summed E-state index contributed by atoms with van der Waals surface area (Å²) in [5.41, 5.74) is 3.80. The quantitative estimate of drug-likeness (QED) is 0.876. The number of aliphatic carboxylic acids is 1. The highest BCUT2D eigenvalue weighted by atomic mass is 16.4. The standard InChI is InChI=1S/C16H21NO2/c18-16(19)15(12-6-8-17-9-7-12)14-5-4-11-2-1-3-13(11)10-14/h4-5,10,12,15,17H,1-3,6-9H2,(H,18,19). The highest BCUT2D eigenvalue weighted by molar-refractivity contribution is 5.76. The van der Waals surface area contributed by atoms with Gasteiger partial charge in [-0.25, -0.2) is 0 Å². The van der Waals surface area contributed by atoms with E-state index in [1.54, 1.807) is 0 Å². The summed E-state index contributed by atoms with van der Waals surface area (Å²) in [6.45, 7) is 1.89. The van der Waals surface area contributed by atoms with Crippen LogP contribution in [0.2, 0.25) is 0 Å². The SMILES string of the molecule is O=C(O)C(c1ccc2c(c1)CCC2)C1CCNCC1. The zero-order chi connectivity index (χ0) is 13.2. The molecule has 2 N–H and O–H groups in total. The number of rotatable bonds is 3. The molecule has 1 aromatic rings. The van der Waals surface area contributed by atoms with Crippen LogP contribution < -0.4 is 5.32 Å². The van der Waals surface area contributed by atoms with Crippen LogP contribution in [-0.2, 0) is 17.6 Å². The van der Waals surface area contributed by atoms with Gasteiger partial charge in [0.15, 0.2) is 0 Å². The lowest BCUT2D eigenvalue weighted by atomic mass is 9.80. The summed E-state index contributed by atoms with van der Waals surface area (Å²) in [5, 5.41) is 12.9. The molecular weight excluding hydrogens is 238 g/mol. The molecule has 3 heteroatoms. The Morgan fingerprint density at radius 1 is 1.21 bits per heavy atom. The fourth-order valence-corrected chi connectivity index (χ4v) is 3.58. The van der Waals surface area contributed by atoms with Gasteiger partial charge in [-0.3, -0.25) is 4.79 Å². The lowest BCUT2D eigenvalue weighted by Crippen LogP contribution is -2.33. The Hall–Kier alpha value is -1.35. The average molecular weight is 259 g/mol. The number of nitrogens with one attached hydrogen (secondary N) is 1. The van der Waals surface area contributed by atoms with E-state index in [1.165, 1.54) is 17.5 Å². The third-order valence-corrected chi connectivity index (χ3v) is 4.60. The van der Waals surface area contributed by atoms with Gasteiger partial charge >= 0.3 is 5.97 Å². The molecular formula is C16H21NO2. The van der Waals surface area contributed by atoms with Gasteiger partial charge in [0.05, 0.1) is 5.92 Å². The van der Waals surface area contributed by atoms with Crippen LogP contribution in [0.5, 0.6) is 0 Å². The van der Waals surface area contributed by atoms with Gasteiger partial charge in [-0.1, -0.05) is 18.2 Å². The van der Waals surface area contributed by atoms with E-state index in [0.717, 1.165) is 44.3 Å². The number of benzene rings is 1. The van der Waals surface area contributed by atoms with Gasteiger partial charge in [0, 0.05) is 0 Å². The molecule has 0 bridgehead atoms. The molecule has 1 atom stereocenters. The van der Waals surface area contributed by atoms with Gasteiger partial charge in [0.2, 0.25) is 0 Å². The van der Waals surface area contributed by atoms with Crippen LogP contribution >= 0.6 is 0 Å². The third kappa shape index (κ3) is 2.52. The molecule has 1 aliphatic heterocycles. The first-order chi connectivity index (χ1) is 9.25. The number of hydrogen-bond acceptors (Lipinski definition) is 2. The second-order valence-corrected chi connectivity index (χ2v) is 5.79. The maximum absolute atomic E-state index is 11.7. The van der Waals surface area contributed by atoms with Crippen LogP contribution in [0, 0.1) is 5.92 Å². The van der Waals surface area contributed by atoms with E-state index in [9.17, 15) is 9.90 Å². The lowest BCUT2D eigenvalue weighted by Gasteiger charge is -2.28. The summed E-state index contributed by atoms with van der Waals surface area (Å²) in [6.07, 6.45) is 5.41. The molecule has 3 rings (SSSR count). The van der Waals surface area contributed by atoms with Gasteiger partial charge in [0.1, 0.15) is 0 Å². The summed E-state index contributed by atoms with van der Waals surface area (Å²) < 4.78 is 0. The molecule has 1 aromatic carbocycles. The molecule has 3 nitrogen and oxygen atoms in total. The van der Waals surface area contributed by atoms with Crippen molar-refractivity contribution in [3.8, 4) is 0 Å². The molecule has 1 aliphatic carbocycles. The van der Waals surface area contributed by atoms with Gasteiger partial charge in [-0.2, -0.15) is 0 Å². The topological polar surface area (TPSA) is 49.3 Å². The van der Waals surface area contributed by atoms with E-state index in [2.05, 4.69) is 17.4 Å². The Labute approximate surface area is 114 Å². The van der Waals surface area contributed by atoms with E-state index < -0.39 is 5.97 Å². The number of carboxylic acid groups (broad SMARTS) is 1. The monoisotopic (exact) mass is 259 g/mol. The van der Waals surface area contributed by atoms with Crippen LogP contribution in [0.3, 0.4) is 0 Å². The molecule has 0 saturated carbocycles. The van der Waals surface area contributed by atoms with Crippen molar-refractivity contribution in [1.29, 1.82) is 0 Å². The molecule has 0 spiro atoms. The lowest BCUT2D eigenvalue weighted by molar-refractivity contribution is -0.140. The van der Waals surface area contributed by atoms with E-state index in [1.807, 2.05) is 6.07 Å². The van der Waals surface area contributed by atoms with Crippen LogP contribution in [0.4, 0.5) is 0 Å². The summed E-state index contributed by atoms with van der Waals surface area (Å²) in [4.78, 5) is 11.7. The summed E-state index contributed by atoms with van der Waals surface area (Å²) in [5.74, 6) is -0.712. The molecule has 1 heterocycles. The molecule has 1 saturated heterocycles. The summed E-state index contributed by atoms with van der Waals surface area (Å²) >= 11 is 0. The number of aryl methyl sites for hydroxylation is 2. The van der Waals surface area contributed by atoms with Crippen molar-refractivity contribution in [2.24, 2.45) is 5.92 Å². The van der Waals surface area contributed by atoms with Gasteiger partial charge in [-0.05, 0) is 67.8 Å². The van der Waals surface area contributed by atoms with Gasteiger partial charge in [-0.15, -0.1) is 0 Å². The van der Waals surface area contributed by atoms with Crippen molar-refractivity contribution in [2.75, 3.05) is 13.1 Å². The maximum Gasteiger partial charge on any atom is 0.311 e. The first kappa shape index (κ1) is 12.7. The molecule has 0 aromatic heterocycles. The first-order valence-electron chi connectivity index (χ1n) is 7.31. The highest BCUT2D eigenvalue weighted by Gasteiger charge is 2.31. The number of carboxylic acids is 1. The predicted octanol–water partition coefficient (Wildman–Crippen LogP) is 2.34. The van der Waals surface area contributed by atoms with Crippen LogP contribution in [-0.4, -0.2) is 24.2 Å². The Morgan fingerprint density at radius 3 is 2.68 bits per heavy atom. The fraction of sp³-hybridized carbons (Fsp3) is 0.562. The van der Waals surface area contributed by atoms with Gasteiger partial charge < -0.3 is 10.4 Å². The maximum atomic E-state index is 11.7. The number of carbonyl (C=O) groups is 1. The minimum absolute atomic E-state index is 0.276. The van der Waals surface area contributed by atoms with Crippen molar-refractivity contribution in [2.45, 2.75) is 38.0 Å². The number of hydrogen-bond donors (Lipinski definition) is 2. The molecule has 102 valence electrons. The Morgan fingerprint density at radius 2 is 1.95 bits per heavy atom. The molecule has 2 aliphatic rings. The molecule has 0 radical (unpaired) electrons. The molecule has 1 fully saturated rings. The fourth-order valence-electron chi connectivity index (χ4n) is 3.58. The third-order valence-electron chi connectivity index (χ3n) is 4.60. The van der Waals surface area contributed by atoms with E-state index in [0.29, 0.717) is 0 Å². The normalized spacial score (nSPS) is 21.1. The van der Waals surface area contributed by atoms with Crippen molar-refractivity contribution in [3.63, 3.8) is 0 Å². The average Bonchev–Trinajstić information content (AvgIpc) is 2.87. The van der Waals surface area contributed by atoms with Crippen molar-refractivity contribution in [3.05, 3.63) is 34.9 Å². The number of fused-ring (bicyclic) bond motifs is 1. The summed E-state index contributed by atoms with van der Waals surface area (Å²) in [7, 11) is 0. The summed E-state index contributed by atoms with van der Waals surface area (Å²) in [6, 6.07) is 6.35. The van der Waals surface area contributed by atoms with Crippen molar-refractivity contribution in [1.82, 2.24) is 5.32 Å². The van der Waals surface area contributed by atoms with Crippen molar-refractivity contribution >= 4 is 5.97 Å².